The van der Waals surface area contributed by atoms with Crippen molar-refractivity contribution in [3.05, 3.63) is 94.3 Å². The summed E-state index contributed by atoms with van der Waals surface area (Å²) in [6, 6.07) is 20.9. The number of hydrogen-bond donors (Lipinski definition) is 2. The van der Waals surface area contributed by atoms with E-state index in [-0.39, 0.29) is 10.4 Å². The van der Waals surface area contributed by atoms with Crippen LogP contribution in [0.2, 0.25) is 0 Å². The Balaban J connectivity index is 1.92. The lowest BCUT2D eigenvalue weighted by Crippen LogP contribution is -2.35. The third-order valence-electron chi connectivity index (χ3n) is 5.64. The average molecular weight is 588 g/mol. The van der Waals surface area contributed by atoms with Crippen LogP contribution in [0.3, 0.4) is 0 Å². The Morgan fingerprint density at radius 1 is 1.03 bits per heavy atom. The van der Waals surface area contributed by atoms with Crippen LogP contribution in [-0.4, -0.2) is 24.5 Å². The minimum absolute atomic E-state index is 0.00546. The predicted octanol–water partition coefficient (Wildman–Crippen LogP) is 4.73. The van der Waals surface area contributed by atoms with Crippen LogP contribution in [-0.2, 0) is 14.5 Å². The van der Waals surface area contributed by atoms with Crippen LogP contribution in [0, 0.1) is 5.41 Å². The third-order valence-corrected chi connectivity index (χ3v) is 8.28. The molecule has 9 heteroatoms. The summed E-state index contributed by atoms with van der Waals surface area (Å²) in [5, 5.41) is 9.28. The van der Waals surface area contributed by atoms with Gasteiger partial charge in [-0.1, -0.05) is 72.3 Å². The summed E-state index contributed by atoms with van der Waals surface area (Å²) in [4.78, 5) is 15.9. The lowest BCUT2D eigenvalue weighted by atomic mass is 10.2. The molecule has 4 rings (SSSR count). The van der Waals surface area contributed by atoms with Gasteiger partial charge in [0.05, 0.1) is 21.8 Å². The van der Waals surface area contributed by atoms with Gasteiger partial charge in [0.1, 0.15) is 5.49 Å². The van der Waals surface area contributed by atoms with Crippen LogP contribution < -0.4 is 15.5 Å². The Hall–Kier alpha value is -2.92. The zero-order valence-electron chi connectivity index (χ0n) is 18.7. The largest absolute Gasteiger partial charge is 0.332 e. The second-order valence-corrected chi connectivity index (χ2v) is 10.5. The molecule has 0 aliphatic rings. The van der Waals surface area contributed by atoms with Gasteiger partial charge in [-0.15, -0.1) is 0 Å². The second kappa shape index (κ2) is 10.1. The summed E-state index contributed by atoms with van der Waals surface area (Å²) in [5.41, 5.74) is 1.81. The Kier molecular flexibility index (Phi) is 7.22. The fourth-order valence-corrected chi connectivity index (χ4v) is 6.03. The highest BCUT2D eigenvalue weighted by atomic mass is 127. The van der Waals surface area contributed by atoms with Crippen LogP contribution in [0.25, 0.3) is 16.6 Å². The lowest BCUT2D eigenvalue weighted by Gasteiger charge is -2.25. The molecule has 0 saturated heterocycles. The number of nitrogens with one attached hydrogen (secondary N) is 2. The van der Waals surface area contributed by atoms with Crippen LogP contribution in [0.5, 0.6) is 0 Å². The van der Waals surface area contributed by atoms with E-state index in [0.717, 1.165) is 12.0 Å². The molecule has 0 saturated carbocycles. The zero-order valence-corrected chi connectivity index (χ0v) is 21.6. The fraction of sp³-hybridized carbons (Fsp3) is 0.200. The van der Waals surface area contributed by atoms with E-state index in [1.807, 2.05) is 25.1 Å². The quantitative estimate of drug-likeness (QED) is 0.230. The van der Waals surface area contributed by atoms with Crippen molar-refractivity contribution in [3.63, 3.8) is 0 Å². The number of anilines is 1. The number of para-hydroxylation sites is 2. The molecule has 0 radical (unpaired) electrons. The van der Waals surface area contributed by atoms with E-state index >= 15 is 0 Å². The van der Waals surface area contributed by atoms with Gasteiger partial charge in [-0.2, -0.15) is 0 Å². The van der Waals surface area contributed by atoms with Gasteiger partial charge in [0.2, 0.25) is 0 Å². The smallest absolute Gasteiger partial charge is 0.306 e. The molecule has 0 fully saturated rings. The van der Waals surface area contributed by atoms with Gasteiger partial charge >= 0.3 is 5.69 Å². The summed E-state index contributed by atoms with van der Waals surface area (Å²) < 4.78 is 30.8. The Labute approximate surface area is 211 Å². The molecule has 3 aromatic carbocycles. The standard InChI is InChI=1S/C25H25IN4O3S/c1-2-3-15-29(19-9-5-4-6-10-19)34(32,33)20-14-13-18(17-26)23(16-20)30-24(27)21-11-7-8-12-22(21)28-25(30)31/h4-14,16,27H,2-3,15,17H2,1H3,(H,28,31). The monoisotopic (exact) mass is 588 g/mol. The Bertz CT molecular complexity index is 1550. The van der Waals surface area contributed by atoms with E-state index < -0.39 is 15.7 Å². The van der Waals surface area contributed by atoms with Crippen molar-refractivity contribution in [2.75, 3.05) is 10.8 Å². The first-order chi connectivity index (χ1) is 16.4. The van der Waals surface area contributed by atoms with Crippen LogP contribution >= 0.6 is 22.6 Å². The Morgan fingerprint density at radius 2 is 1.74 bits per heavy atom. The number of nitrogens with zero attached hydrogens (tertiary/aromatic N) is 2. The number of aromatic nitrogens is 2. The maximum absolute atomic E-state index is 13.8. The first kappa shape index (κ1) is 24.2. The van der Waals surface area contributed by atoms with Gasteiger partial charge in [-0.25, -0.2) is 17.8 Å². The number of fused-ring (bicyclic) bond motifs is 1. The topological polar surface area (TPSA) is 99.0 Å². The van der Waals surface area contributed by atoms with E-state index in [0.29, 0.717) is 39.7 Å². The molecular formula is C25H25IN4O3S. The van der Waals surface area contributed by atoms with Crippen molar-refractivity contribution in [2.24, 2.45) is 0 Å². The number of sulfonamides is 1. The molecule has 1 heterocycles. The maximum Gasteiger partial charge on any atom is 0.332 e. The molecule has 1 aromatic heterocycles. The van der Waals surface area contributed by atoms with Gasteiger partial charge in [-0.05, 0) is 48.4 Å². The minimum Gasteiger partial charge on any atom is -0.306 e. The summed E-state index contributed by atoms with van der Waals surface area (Å²) in [6.45, 7) is 2.36. The number of alkyl halides is 1. The first-order valence-electron chi connectivity index (χ1n) is 10.9. The zero-order chi connectivity index (χ0) is 24.3. The molecule has 4 aromatic rings. The highest BCUT2D eigenvalue weighted by Gasteiger charge is 2.26. The number of hydrogen-bond acceptors (Lipinski definition) is 4. The number of H-pyrrole nitrogens is 1. The molecule has 34 heavy (non-hydrogen) atoms. The van der Waals surface area contributed by atoms with Crippen LogP contribution in [0.4, 0.5) is 5.69 Å². The van der Waals surface area contributed by atoms with Gasteiger partial charge in [0.25, 0.3) is 10.0 Å². The fourth-order valence-electron chi connectivity index (χ4n) is 3.86. The molecule has 0 spiro atoms. The summed E-state index contributed by atoms with van der Waals surface area (Å²) in [6.07, 6.45) is 1.56. The molecule has 0 atom stereocenters. The van der Waals surface area contributed by atoms with E-state index in [4.69, 9.17) is 5.41 Å². The number of unbranched alkanes of at least 4 members (excludes halogenated alkanes) is 1. The summed E-state index contributed by atoms with van der Waals surface area (Å²) >= 11 is 2.17. The molecule has 0 amide bonds. The van der Waals surface area contributed by atoms with Crippen molar-refractivity contribution in [3.8, 4) is 5.69 Å². The highest BCUT2D eigenvalue weighted by Crippen LogP contribution is 2.27. The van der Waals surface area contributed by atoms with Crippen LogP contribution in [0.15, 0.2) is 82.5 Å². The number of aromatic amines is 1. The van der Waals surface area contributed by atoms with E-state index in [9.17, 15) is 13.2 Å². The van der Waals surface area contributed by atoms with E-state index in [1.54, 1.807) is 48.5 Å². The van der Waals surface area contributed by atoms with E-state index in [2.05, 4.69) is 27.6 Å². The molecule has 0 bridgehead atoms. The van der Waals surface area contributed by atoms with Crippen molar-refractivity contribution >= 4 is 49.2 Å². The summed E-state index contributed by atoms with van der Waals surface area (Å²) in [5.74, 6) is 0. The first-order valence-corrected chi connectivity index (χ1v) is 13.9. The number of rotatable bonds is 8. The SMILES string of the molecule is CCCCN(c1ccccc1)S(=O)(=O)c1ccc(CI)c(-n2c(=O)[nH]c3ccccc3c2=N)c1. The lowest BCUT2D eigenvalue weighted by molar-refractivity contribution is 0.588. The van der Waals surface area contributed by atoms with Gasteiger partial charge in [-0.3, -0.25) is 9.71 Å². The van der Waals surface area contributed by atoms with Gasteiger partial charge in [0, 0.05) is 16.4 Å². The van der Waals surface area contributed by atoms with Crippen molar-refractivity contribution in [2.45, 2.75) is 29.1 Å². The predicted molar refractivity (Wildman–Crippen MR) is 143 cm³/mol. The van der Waals surface area contributed by atoms with Crippen molar-refractivity contribution < 1.29 is 8.42 Å². The maximum atomic E-state index is 13.8. The van der Waals surface area contributed by atoms with Crippen LogP contribution in [0.1, 0.15) is 25.3 Å². The normalized spacial score (nSPS) is 11.6. The molecule has 0 aliphatic heterocycles. The van der Waals surface area contributed by atoms with Gasteiger partial charge < -0.3 is 4.98 Å². The average Bonchev–Trinajstić information content (AvgIpc) is 2.84. The van der Waals surface area contributed by atoms with Crippen molar-refractivity contribution in [1.29, 1.82) is 5.41 Å². The van der Waals surface area contributed by atoms with Gasteiger partial charge in [0.15, 0.2) is 0 Å². The highest BCUT2D eigenvalue weighted by molar-refractivity contribution is 14.1. The molecule has 0 aliphatic carbocycles. The molecule has 176 valence electrons. The minimum atomic E-state index is -3.91. The number of benzene rings is 3. The number of halogens is 1. The molecule has 7 nitrogen and oxygen atoms in total. The summed E-state index contributed by atoms with van der Waals surface area (Å²) in [7, 11) is -3.91. The molecule has 2 N–H and O–H groups in total. The third kappa shape index (κ3) is 4.54. The van der Waals surface area contributed by atoms with Crippen molar-refractivity contribution in [1.82, 2.24) is 9.55 Å². The molecule has 0 unspecified atom stereocenters. The van der Waals surface area contributed by atoms with E-state index in [1.165, 1.54) is 14.9 Å². The molecular weight excluding hydrogens is 563 g/mol. The Morgan fingerprint density at radius 3 is 2.44 bits per heavy atom. The second-order valence-electron chi connectivity index (χ2n) is 7.85.